The smallest absolute Gasteiger partial charge is 0.270 e. The number of pyridine rings is 1. The van der Waals surface area contributed by atoms with E-state index in [0.29, 0.717) is 11.5 Å². The van der Waals surface area contributed by atoms with E-state index >= 15 is 0 Å². The zero-order valence-corrected chi connectivity index (χ0v) is 12.6. The quantitative estimate of drug-likeness (QED) is 0.898. The van der Waals surface area contributed by atoms with Crippen LogP contribution in [0.15, 0.2) is 36.7 Å². The van der Waals surface area contributed by atoms with Crippen LogP contribution in [0.4, 0.5) is 0 Å². The number of aliphatic hydroxyl groups excluding tert-OH is 1. The van der Waals surface area contributed by atoms with Gasteiger partial charge in [-0.1, -0.05) is 19.4 Å². The Morgan fingerprint density at radius 3 is 3.09 bits per heavy atom. The highest BCUT2D eigenvalue weighted by Crippen LogP contribution is 2.37. The van der Waals surface area contributed by atoms with Gasteiger partial charge in [-0.05, 0) is 31.0 Å². The molecule has 3 rings (SSSR count). The van der Waals surface area contributed by atoms with E-state index < -0.39 is 0 Å². The summed E-state index contributed by atoms with van der Waals surface area (Å²) in [6, 6.07) is 7.07. The minimum atomic E-state index is -0.241. The molecule has 0 aromatic carbocycles. The van der Waals surface area contributed by atoms with Crippen LogP contribution < -0.4 is 5.32 Å². The summed E-state index contributed by atoms with van der Waals surface area (Å²) in [5, 5.41) is 16.7. The summed E-state index contributed by atoms with van der Waals surface area (Å²) in [6.07, 6.45) is 6.28. The average molecular weight is 300 g/mol. The number of aliphatic hydroxyl groups is 1. The Labute approximate surface area is 129 Å². The summed E-state index contributed by atoms with van der Waals surface area (Å²) in [4.78, 5) is 16.8. The number of carbonyl (C=O) groups is 1. The lowest BCUT2D eigenvalue weighted by molar-refractivity contribution is 0.0826. The molecule has 2 heterocycles. The standard InChI is InChI=1S/C16H20N4O2/c1-16(11-21)8-3-6-13(16)19-15(22)12-5-2-7-14(18-12)20-10-4-9-17-20/h2,4-5,7,9-10,13,21H,3,6,8,11H2,1H3,(H,19,22). The van der Waals surface area contributed by atoms with Gasteiger partial charge in [0.15, 0.2) is 5.82 Å². The topological polar surface area (TPSA) is 80.0 Å². The van der Waals surface area contributed by atoms with E-state index in [0.717, 1.165) is 19.3 Å². The summed E-state index contributed by atoms with van der Waals surface area (Å²) in [5.41, 5.74) is 0.120. The molecular formula is C16H20N4O2. The molecule has 6 nitrogen and oxygen atoms in total. The van der Waals surface area contributed by atoms with Gasteiger partial charge in [-0.2, -0.15) is 5.10 Å². The Kier molecular flexibility index (Phi) is 3.94. The Morgan fingerprint density at radius 1 is 1.50 bits per heavy atom. The van der Waals surface area contributed by atoms with Gasteiger partial charge in [0.25, 0.3) is 5.91 Å². The molecule has 6 heteroatoms. The van der Waals surface area contributed by atoms with Crippen molar-refractivity contribution in [1.29, 1.82) is 0 Å². The molecule has 2 aromatic rings. The van der Waals surface area contributed by atoms with E-state index in [1.807, 2.05) is 6.92 Å². The van der Waals surface area contributed by atoms with Gasteiger partial charge in [0, 0.05) is 23.9 Å². The monoisotopic (exact) mass is 300 g/mol. The number of nitrogens with zero attached hydrogens (tertiary/aromatic N) is 3. The van der Waals surface area contributed by atoms with Crippen LogP contribution in [-0.2, 0) is 0 Å². The fourth-order valence-electron chi connectivity index (χ4n) is 2.98. The van der Waals surface area contributed by atoms with Gasteiger partial charge < -0.3 is 10.4 Å². The minimum absolute atomic E-state index is 0.0137. The third-order valence-electron chi connectivity index (χ3n) is 4.45. The fraction of sp³-hybridized carbons (Fsp3) is 0.438. The van der Waals surface area contributed by atoms with Crippen LogP contribution in [0.25, 0.3) is 5.82 Å². The largest absolute Gasteiger partial charge is 0.396 e. The molecule has 0 spiro atoms. The van der Waals surface area contributed by atoms with Crippen LogP contribution in [-0.4, -0.2) is 38.4 Å². The summed E-state index contributed by atoms with van der Waals surface area (Å²) in [5.74, 6) is 0.398. The summed E-state index contributed by atoms with van der Waals surface area (Å²) < 4.78 is 1.62. The average Bonchev–Trinajstić information content (AvgIpc) is 3.19. The van der Waals surface area contributed by atoms with Crippen LogP contribution >= 0.6 is 0 Å². The maximum atomic E-state index is 12.4. The maximum absolute atomic E-state index is 12.4. The lowest BCUT2D eigenvalue weighted by Crippen LogP contribution is -2.45. The first-order chi connectivity index (χ1) is 10.6. The van der Waals surface area contributed by atoms with Gasteiger partial charge in [0.05, 0.1) is 6.61 Å². The van der Waals surface area contributed by atoms with Crippen molar-refractivity contribution in [3.8, 4) is 5.82 Å². The number of hydrogen-bond acceptors (Lipinski definition) is 4. The first-order valence-electron chi connectivity index (χ1n) is 7.51. The van der Waals surface area contributed by atoms with Crippen LogP contribution in [0.5, 0.6) is 0 Å². The zero-order chi connectivity index (χ0) is 15.6. The number of carbonyl (C=O) groups excluding carboxylic acids is 1. The van der Waals surface area contributed by atoms with Crippen molar-refractivity contribution in [2.75, 3.05) is 6.61 Å². The first kappa shape index (κ1) is 14.7. The second kappa shape index (κ2) is 5.88. The molecular weight excluding hydrogens is 280 g/mol. The third-order valence-corrected chi connectivity index (χ3v) is 4.45. The molecule has 0 aliphatic heterocycles. The van der Waals surface area contributed by atoms with Crippen molar-refractivity contribution in [3.05, 3.63) is 42.4 Å². The van der Waals surface area contributed by atoms with E-state index in [1.165, 1.54) is 0 Å². The van der Waals surface area contributed by atoms with E-state index in [4.69, 9.17) is 0 Å². The van der Waals surface area contributed by atoms with Crippen molar-refractivity contribution in [1.82, 2.24) is 20.1 Å². The highest BCUT2D eigenvalue weighted by atomic mass is 16.3. The minimum Gasteiger partial charge on any atom is -0.396 e. The number of amides is 1. The normalized spacial score (nSPS) is 24.4. The van der Waals surface area contributed by atoms with Crippen LogP contribution in [0.2, 0.25) is 0 Å². The summed E-state index contributed by atoms with van der Waals surface area (Å²) in [7, 11) is 0. The van der Waals surface area contributed by atoms with Gasteiger partial charge in [-0.3, -0.25) is 4.79 Å². The molecule has 1 saturated carbocycles. The Bertz CT molecular complexity index is 656. The van der Waals surface area contributed by atoms with Crippen molar-refractivity contribution in [3.63, 3.8) is 0 Å². The summed E-state index contributed by atoms with van der Waals surface area (Å²) in [6.45, 7) is 2.09. The van der Waals surface area contributed by atoms with Crippen LogP contribution in [0, 0.1) is 5.41 Å². The number of hydrogen-bond donors (Lipinski definition) is 2. The molecule has 0 radical (unpaired) electrons. The van der Waals surface area contributed by atoms with Gasteiger partial charge in [-0.25, -0.2) is 9.67 Å². The molecule has 116 valence electrons. The first-order valence-corrected chi connectivity index (χ1v) is 7.51. The lowest BCUT2D eigenvalue weighted by atomic mass is 9.86. The number of aromatic nitrogens is 3. The predicted octanol–water partition coefficient (Wildman–Crippen LogP) is 1.55. The Balaban J connectivity index is 1.77. The molecule has 0 bridgehead atoms. The fourth-order valence-corrected chi connectivity index (χ4v) is 2.98. The molecule has 1 amide bonds. The second-order valence-corrected chi connectivity index (χ2v) is 6.06. The molecule has 2 atom stereocenters. The number of nitrogens with one attached hydrogen (secondary N) is 1. The Hall–Kier alpha value is -2.21. The van der Waals surface area contributed by atoms with E-state index in [1.54, 1.807) is 41.3 Å². The van der Waals surface area contributed by atoms with E-state index in [-0.39, 0.29) is 24.0 Å². The predicted molar refractivity (Wildman–Crippen MR) is 81.7 cm³/mol. The Morgan fingerprint density at radius 2 is 2.36 bits per heavy atom. The van der Waals surface area contributed by atoms with Crippen molar-refractivity contribution >= 4 is 5.91 Å². The highest BCUT2D eigenvalue weighted by molar-refractivity contribution is 5.92. The van der Waals surface area contributed by atoms with Gasteiger partial charge in [-0.15, -0.1) is 0 Å². The summed E-state index contributed by atoms with van der Waals surface area (Å²) >= 11 is 0. The van der Waals surface area contributed by atoms with Crippen LogP contribution in [0.3, 0.4) is 0 Å². The third kappa shape index (κ3) is 2.74. The molecule has 22 heavy (non-hydrogen) atoms. The van der Waals surface area contributed by atoms with Gasteiger partial charge in [0.1, 0.15) is 5.69 Å². The zero-order valence-electron chi connectivity index (χ0n) is 12.6. The lowest BCUT2D eigenvalue weighted by Gasteiger charge is -2.29. The van der Waals surface area contributed by atoms with Gasteiger partial charge >= 0.3 is 0 Å². The molecule has 2 N–H and O–H groups in total. The molecule has 1 aliphatic rings. The second-order valence-electron chi connectivity index (χ2n) is 6.06. The molecule has 2 unspecified atom stereocenters. The molecule has 1 fully saturated rings. The van der Waals surface area contributed by atoms with Crippen molar-refractivity contribution < 1.29 is 9.90 Å². The maximum Gasteiger partial charge on any atom is 0.270 e. The molecule has 1 aliphatic carbocycles. The SMILES string of the molecule is CC1(CO)CCCC1NC(=O)c1cccc(-n2cccn2)n1. The highest BCUT2D eigenvalue weighted by Gasteiger charge is 2.39. The van der Waals surface area contributed by atoms with Crippen molar-refractivity contribution in [2.24, 2.45) is 5.41 Å². The van der Waals surface area contributed by atoms with Crippen molar-refractivity contribution in [2.45, 2.75) is 32.2 Å². The molecule has 0 saturated heterocycles. The van der Waals surface area contributed by atoms with Crippen LogP contribution in [0.1, 0.15) is 36.7 Å². The van der Waals surface area contributed by atoms with E-state index in [9.17, 15) is 9.90 Å². The van der Waals surface area contributed by atoms with Gasteiger partial charge in [0.2, 0.25) is 0 Å². The molecule has 2 aromatic heterocycles. The number of rotatable bonds is 4. The van der Waals surface area contributed by atoms with E-state index in [2.05, 4.69) is 15.4 Å².